The number of carbonyl (C=O) groups is 1. The smallest absolute Gasteiger partial charge is 0.216 e. The van der Waals surface area contributed by atoms with Crippen LogP contribution in [0, 0.1) is 0 Å². The van der Waals surface area contributed by atoms with Crippen LogP contribution < -0.4 is 9.47 Å². The van der Waals surface area contributed by atoms with Crippen molar-refractivity contribution in [2.75, 3.05) is 14.2 Å². The number of halogens is 1. The number of hydrogen-bond acceptors (Lipinski definition) is 4. The predicted octanol–water partition coefficient (Wildman–Crippen LogP) is 2.98. The first-order valence-corrected chi connectivity index (χ1v) is 5.92. The molecule has 0 saturated heterocycles. The number of pyridine rings is 1. The molecule has 0 spiro atoms. The molecule has 19 heavy (non-hydrogen) atoms. The highest BCUT2D eigenvalue weighted by Crippen LogP contribution is 2.27. The molecule has 0 saturated carbocycles. The molecule has 0 unspecified atom stereocenters. The fourth-order valence-corrected chi connectivity index (χ4v) is 1.88. The lowest BCUT2D eigenvalue weighted by molar-refractivity contribution is 0.103. The topological polar surface area (TPSA) is 48.4 Å². The van der Waals surface area contributed by atoms with E-state index >= 15 is 0 Å². The second-order valence-electron chi connectivity index (χ2n) is 3.73. The summed E-state index contributed by atoms with van der Waals surface area (Å²) in [6, 6.07) is 8.28. The molecule has 0 amide bonds. The number of nitrogens with zero attached hydrogens (tertiary/aromatic N) is 1. The van der Waals surface area contributed by atoms with Gasteiger partial charge in [-0.2, -0.15) is 0 Å². The SMILES string of the molecule is COc1ccc(OC)c(C(=O)c2ncccc2Cl)c1. The fourth-order valence-electron chi connectivity index (χ4n) is 1.67. The van der Waals surface area contributed by atoms with Gasteiger partial charge in [0.15, 0.2) is 0 Å². The predicted molar refractivity (Wildman–Crippen MR) is 72.2 cm³/mol. The normalized spacial score (nSPS) is 10.1. The van der Waals surface area contributed by atoms with E-state index < -0.39 is 0 Å². The summed E-state index contributed by atoms with van der Waals surface area (Å²) < 4.78 is 10.3. The number of ketones is 1. The van der Waals surface area contributed by atoms with E-state index in [4.69, 9.17) is 21.1 Å². The van der Waals surface area contributed by atoms with E-state index in [1.54, 1.807) is 30.3 Å². The van der Waals surface area contributed by atoms with Crippen molar-refractivity contribution in [2.24, 2.45) is 0 Å². The number of methoxy groups -OCH3 is 2. The summed E-state index contributed by atoms with van der Waals surface area (Å²) in [4.78, 5) is 16.4. The Bertz CT molecular complexity index is 613. The third-order valence-corrected chi connectivity index (χ3v) is 2.93. The van der Waals surface area contributed by atoms with Gasteiger partial charge in [0.05, 0.1) is 24.8 Å². The maximum absolute atomic E-state index is 12.4. The van der Waals surface area contributed by atoms with Crippen LogP contribution in [0.25, 0.3) is 0 Å². The first-order valence-electron chi connectivity index (χ1n) is 5.54. The van der Waals surface area contributed by atoms with Crippen LogP contribution in [0.15, 0.2) is 36.5 Å². The Hall–Kier alpha value is -2.07. The van der Waals surface area contributed by atoms with Crippen LogP contribution >= 0.6 is 11.6 Å². The van der Waals surface area contributed by atoms with E-state index in [-0.39, 0.29) is 11.5 Å². The van der Waals surface area contributed by atoms with E-state index in [1.165, 1.54) is 20.4 Å². The third kappa shape index (κ3) is 2.69. The van der Waals surface area contributed by atoms with Crippen molar-refractivity contribution in [3.05, 3.63) is 52.8 Å². The van der Waals surface area contributed by atoms with Gasteiger partial charge in [0.25, 0.3) is 0 Å². The van der Waals surface area contributed by atoms with Gasteiger partial charge in [0.1, 0.15) is 17.2 Å². The fraction of sp³-hybridized carbons (Fsp3) is 0.143. The molecular weight excluding hydrogens is 266 g/mol. The molecule has 1 aromatic heterocycles. The van der Waals surface area contributed by atoms with Gasteiger partial charge in [-0.3, -0.25) is 9.78 Å². The molecule has 2 rings (SSSR count). The molecular formula is C14H12ClNO3. The van der Waals surface area contributed by atoms with Crippen molar-refractivity contribution in [2.45, 2.75) is 0 Å². The van der Waals surface area contributed by atoms with E-state index in [0.717, 1.165) is 0 Å². The number of benzene rings is 1. The van der Waals surface area contributed by atoms with Crippen molar-refractivity contribution in [1.29, 1.82) is 0 Å². The molecule has 0 aliphatic carbocycles. The minimum Gasteiger partial charge on any atom is -0.497 e. The maximum atomic E-state index is 12.4. The van der Waals surface area contributed by atoms with Crippen LogP contribution in [0.1, 0.15) is 16.1 Å². The summed E-state index contributed by atoms with van der Waals surface area (Å²) >= 11 is 5.98. The maximum Gasteiger partial charge on any atom is 0.216 e. The van der Waals surface area contributed by atoms with E-state index in [9.17, 15) is 4.79 Å². The van der Waals surface area contributed by atoms with E-state index in [0.29, 0.717) is 22.1 Å². The molecule has 0 aliphatic rings. The van der Waals surface area contributed by atoms with Crippen LogP contribution in [-0.2, 0) is 0 Å². The molecule has 1 heterocycles. The van der Waals surface area contributed by atoms with Gasteiger partial charge in [-0.15, -0.1) is 0 Å². The lowest BCUT2D eigenvalue weighted by Crippen LogP contribution is -2.07. The van der Waals surface area contributed by atoms with Crippen molar-refractivity contribution >= 4 is 17.4 Å². The first-order chi connectivity index (χ1) is 9.17. The molecule has 0 bridgehead atoms. The minimum atomic E-state index is -0.304. The Balaban J connectivity index is 2.51. The Kier molecular flexibility index (Phi) is 4.02. The van der Waals surface area contributed by atoms with Crippen molar-refractivity contribution in [3.63, 3.8) is 0 Å². The van der Waals surface area contributed by atoms with Gasteiger partial charge in [0, 0.05) is 6.20 Å². The van der Waals surface area contributed by atoms with Gasteiger partial charge >= 0.3 is 0 Å². The lowest BCUT2D eigenvalue weighted by Gasteiger charge is -2.09. The molecule has 0 atom stereocenters. The summed E-state index contributed by atoms with van der Waals surface area (Å²) in [5, 5.41) is 0.303. The number of ether oxygens (including phenoxy) is 2. The molecule has 4 nitrogen and oxygen atoms in total. The minimum absolute atomic E-state index is 0.190. The Morgan fingerprint density at radius 2 is 2.00 bits per heavy atom. The van der Waals surface area contributed by atoms with Crippen molar-refractivity contribution in [1.82, 2.24) is 4.98 Å². The summed E-state index contributed by atoms with van der Waals surface area (Å²) in [5.41, 5.74) is 0.554. The highest BCUT2D eigenvalue weighted by atomic mass is 35.5. The molecule has 0 aliphatic heterocycles. The highest BCUT2D eigenvalue weighted by molar-refractivity contribution is 6.34. The van der Waals surface area contributed by atoms with E-state index in [1.807, 2.05) is 0 Å². The summed E-state index contributed by atoms with van der Waals surface area (Å²) in [6.45, 7) is 0. The van der Waals surface area contributed by atoms with Crippen LogP contribution in [0.4, 0.5) is 0 Å². The first kappa shape index (κ1) is 13.4. The standard InChI is InChI=1S/C14H12ClNO3/c1-18-9-5-6-12(19-2)10(8-9)14(17)13-11(15)4-3-7-16-13/h3-8H,1-2H3. The molecule has 5 heteroatoms. The van der Waals surface area contributed by atoms with Crippen molar-refractivity contribution in [3.8, 4) is 11.5 Å². The average Bonchev–Trinajstić information content (AvgIpc) is 2.46. The molecule has 1 aromatic carbocycles. The van der Waals surface area contributed by atoms with Gasteiger partial charge in [-0.05, 0) is 30.3 Å². The lowest BCUT2D eigenvalue weighted by atomic mass is 10.1. The Morgan fingerprint density at radius 1 is 1.21 bits per heavy atom. The molecule has 2 aromatic rings. The largest absolute Gasteiger partial charge is 0.497 e. The number of carbonyl (C=O) groups excluding carboxylic acids is 1. The second-order valence-corrected chi connectivity index (χ2v) is 4.14. The zero-order valence-electron chi connectivity index (χ0n) is 10.5. The van der Waals surface area contributed by atoms with Gasteiger partial charge in [-0.25, -0.2) is 0 Å². The Morgan fingerprint density at radius 3 is 2.63 bits per heavy atom. The average molecular weight is 278 g/mol. The van der Waals surface area contributed by atoms with Crippen LogP contribution in [0.3, 0.4) is 0 Å². The molecule has 0 radical (unpaired) electrons. The Labute approximate surface area is 115 Å². The van der Waals surface area contributed by atoms with Gasteiger partial charge in [0.2, 0.25) is 5.78 Å². The molecule has 98 valence electrons. The molecule has 0 fully saturated rings. The van der Waals surface area contributed by atoms with Crippen LogP contribution in [0.2, 0.25) is 5.02 Å². The van der Waals surface area contributed by atoms with Crippen LogP contribution in [-0.4, -0.2) is 25.0 Å². The number of rotatable bonds is 4. The van der Waals surface area contributed by atoms with Gasteiger partial charge in [-0.1, -0.05) is 11.6 Å². The highest BCUT2D eigenvalue weighted by Gasteiger charge is 2.19. The zero-order chi connectivity index (χ0) is 13.8. The third-order valence-electron chi connectivity index (χ3n) is 2.62. The van der Waals surface area contributed by atoms with Crippen LogP contribution in [0.5, 0.6) is 11.5 Å². The summed E-state index contributed by atoms with van der Waals surface area (Å²) in [6.07, 6.45) is 1.52. The summed E-state index contributed by atoms with van der Waals surface area (Å²) in [7, 11) is 3.03. The number of aromatic nitrogens is 1. The molecule has 0 N–H and O–H groups in total. The van der Waals surface area contributed by atoms with Crippen molar-refractivity contribution < 1.29 is 14.3 Å². The summed E-state index contributed by atoms with van der Waals surface area (Å²) in [5.74, 6) is 0.713. The van der Waals surface area contributed by atoms with E-state index in [2.05, 4.69) is 4.98 Å². The number of hydrogen-bond donors (Lipinski definition) is 0. The zero-order valence-corrected chi connectivity index (χ0v) is 11.3. The quantitative estimate of drug-likeness (QED) is 0.806. The second kappa shape index (κ2) is 5.71. The van der Waals surface area contributed by atoms with Gasteiger partial charge < -0.3 is 9.47 Å². The monoisotopic (exact) mass is 277 g/mol.